The van der Waals surface area contributed by atoms with Crippen LogP contribution in [0.4, 0.5) is 5.69 Å². The first-order chi connectivity index (χ1) is 12.1. The number of nitro groups is 1. The van der Waals surface area contributed by atoms with Crippen molar-refractivity contribution >= 4 is 28.7 Å². The molecule has 1 aliphatic heterocycles. The van der Waals surface area contributed by atoms with Gasteiger partial charge in [0.2, 0.25) is 0 Å². The van der Waals surface area contributed by atoms with Crippen molar-refractivity contribution in [1.82, 2.24) is 0 Å². The van der Waals surface area contributed by atoms with Crippen molar-refractivity contribution in [2.75, 3.05) is 0 Å². The summed E-state index contributed by atoms with van der Waals surface area (Å²) in [4.78, 5) is 23.4. The summed E-state index contributed by atoms with van der Waals surface area (Å²) in [5.74, 6) is -0.0429. The Hall–Kier alpha value is -2.74. The van der Waals surface area contributed by atoms with Gasteiger partial charge in [-0.2, -0.15) is 0 Å². The first-order valence-electron chi connectivity index (χ1n) is 8.08. The third-order valence-corrected chi connectivity index (χ3v) is 4.88. The molecule has 136 valence electrons. The van der Waals surface area contributed by atoms with Crippen LogP contribution >= 0.6 is 12.2 Å². The van der Waals surface area contributed by atoms with E-state index >= 15 is 0 Å². The molecule has 7 nitrogen and oxygen atoms in total. The van der Waals surface area contributed by atoms with Gasteiger partial charge in [-0.1, -0.05) is 38.2 Å². The fourth-order valence-corrected chi connectivity index (χ4v) is 3.77. The SMILES string of the molecule is CC1(C)CC(=O)C2=C(C1)OC(N)=C(C(N)=S)[C@@H]2c1ccc([N+](=O)[O-])cc1. The second kappa shape index (κ2) is 6.21. The van der Waals surface area contributed by atoms with Crippen LogP contribution in [0.15, 0.2) is 47.1 Å². The Kier molecular flexibility index (Phi) is 4.31. The molecular formula is C18H19N3O4S. The lowest BCUT2D eigenvalue weighted by atomic mass is 9.70. The number of thiocarbonyl (C=S) groups is 1. The van der Waals surface area contributed by atoms with Gasteiger partial charge in [0.15, 0.2) is 11.7 Å². The smallest absolute Gasteiger partial charge is 0.269 e. The quantitative estimate of drug-likeness (QED) is 0.474. The monoisotopic (exact) mass is 373 g/mol. The molecule has 1 aliphatic carbocycles. The third kappa shape index (κ3) is 3.08. The van der Waals surface area contributed by atoms with Crippen LogP contribution in [0, 0.1) is 15.5 Å². The molecule has 4 N–H and O–H groups in total. The number of carbonyl (C=O) groups excluding carboxylic acids is 1. The van der Waals surface area contributed by atoms with Gasteiger partial charge in [0, 0.05) is 36.5 Å². The Balaban J connectivity index is 2.17. The van der Waals surface area contributed by atoms with Gasteiger partial charge < -0.3 is 16.2 Å². The number of hydrogen-bond acceptors (Lipinski definition) is 6. The predicted octanol–water partition coefficient (Wildman–Crippen LogP) is 2.81. The molecule has 0 radical (unpaired) electrons. The van der Waals surface area contributed by atoms with Gasteiger partial charge in [0.25, 0.3) is 5.69 Å². The standard InChI is InChI=1S/C18H19N3O4S/c1-18(2)7-11(22)14-12(8-18)25-16(19)15(17(20)26)13(14)9-3-5-10(6-4-9)21(23)24/h3-6,13H,7-8,19H2,1-2H3,(H2,20,26)/t13-/m1/s1. The topological polar surface area (TPSA) is 121 Å². The van der Waals surface area contributed by atoms with Gasteiger partial charge in [-0.25, -0.2) is 0 Å². The summed E-state index contributed by atoms with van der Waals surface area (Å²) in [6.45, 7) is 3.98. The van der Waals surface area contributed by atoms with Gasteiger partial charge in [-0.05, 0) is 11.0 Å². The van der Waals surface area contributed by atoms with Crippen molar-refractivity contribution < 1.29 is 14.5 Å². The maximum absolute atomic E-state index is 12.9. The number of nitro benzene ring substituents is 1. The van der Waals surface area contributed by atoms with Crippen LogP contribution in [-0.2, 0) is 9.53 Å². The maximum atomic E-state index is 12.9. The van der Waals surface area contributed by atoms with Crippen molar-refractivity contribution in [3.05, 3.63) is 62.7 Å². The first-order valence-corrected chi connectivity index (χ1v) is 8.49. The highest BCUT2D eigenvalue weighted by molar-refractivity contribution is 7.80. The number of ketones is 1. The molecule has 0 unspecified atom stereocenters. The zero-order chi connectivity index (χ0) is 19.2. The number of nitrogens with two attached hydrogens (primary N) is 2. The van der Waals surface area contributed by atoms with E-state index in [1.54, 1.807) is 12.1 Å². The van der Waals surface area contributed by atoms with E-state index in [2.05, 4.69) is 0 Å². The molecule has 0 saturated heterocycles. The van der Waals surface area contributed by atoms with E-state index in [1.807, 2.05) is 13.8 Å². The van der Waals surface area contributed by atoms with Crippen LogP contribution in [0.5, 0.6) is 0 Å². The molecule has 0 fully saturated rings. The summed E-state index contributed by atoms with van der Waals surface area (Å²) < 4.78 is 5.72. The lowest BCUT2D eigenvalue weighted by molar-refractivity contribution is -0.384. The summed E-state index contributed by atoms with van der Waals surface area (Å²) >= 11 is 5.13. The number of benzene rings is 1. The number of carbonyl (C=O) groups is 1. The fourth-order valence-electron chi connectivity index (χ4n) is 3.55. The van der Waals surface area contributed by atoms with E-state index in [-0.39, 0.29) is 27.8 Å². The average Bonchev–Trinajstić information content (AvgIpc) is 2.51. The molecular weight excluding hydrogens is 354 g/mol. The molecule has 0 amide bonds. The van der Waals surface area contributed by atoms with Crippen LogP contribution in [-0.4, -0.2) is 15.7 Å². The molecule has 2 aliphatic rings. The highest BCUT2D eigenvalue weighted by atomic mass is 32.1. The van der Waals surface area contributed by atoms with Crippen LogP contribution in [0.3, 0.4) is 0 Å². The van der Waals surface area contributed by atoms with Gasteiger partial charge in [0.05, 0.1) is 10.5 Å². The van der Waals surface area contributed by atoms with E-state index in [0.717, 1.165) is 0 Å². The van der Waals surface area contributed by atoms with Crippen molar-refractivity contribution in [1.29, 1.82) is 0 Å². The third-order valence-electron chi connectivity index (χ3n) is 4.66. The van der Waals surface area contributed by atoms with Crippen molar-refractivity contribution in [3.8, 4) is 0 Å². The first kappa shape index (κ1) is 18.1. The predicted molar refractivity (Wildman–Crippen MR) is 100.0 cm³/mol. The molecule has 0 spiro atoms. The van der Waals surface area contributed by atoms with Crippen molar-refractivity contribution in [2.24, 2.45) is 16.9 Å². The van der Waals surface area contributed by atoms with Gasteiger partial charge in [-0.3, -0.25) is 14.9 Å². The second-order valence-electron chi connectivity index (χ2n) is 7.30. The Labute approximate surface area is 155 Å². The van der Waals surface area contributed by atoms with E-state index in [4.69, 9.17) is 28.4 Å². The van der Waals surface area contributed by atoms with Crippen LogP contribution < -0.4 is 11.5 Å². The Morgan fingerprint density at radius 2 is 1.92 bits per heavy atom. The Morgan fingerprint density at radius 3 is 2.46 bits per heavy atom. The maximum Gasteiger partial charge on any atom is 0.269 e. The largest absolute Gasteiger partial charge is 0.445 e. The molecule has 0 bridgehead atoms. The molecule has 8 heteroatoms. The van der Waals surface area contributed by atoms with E-state index < -0.39 is 10.8 Å². The van der Waals surface area contributed by atoms with Crippen LogP contribution in [0.2, 0.25) is 0 Å². The van der Waals surface area contributed by atoms with Crippen LogP contribution in [0.1, 0.15) is 38.2 Å². The number of Topliss-reactive ketones (excluding diaryl/α,β-unsaturated/α-hetero) is 1. The van der Waals surface area contributed by atoms with Gasteiger partial charge in [0.1, 0.15) is 10.7 Å². The van der Waals surface area contributed by atoms with Crippen molar-refractivity contribution in [2.45, 2.75) is 32.6 Å². The summed E-state index contributed by atoms with van der Waals surface area (Å²) in [6, 6.07) is 5.96. The zero-order valence-electron chi connectivity index (χ0n) is 14.4. The minimum absolute atomic E-state index is 0.0371. The number of hydrogen-bond donors (Lipinski definition) is 2. The summed E-state index contributed by atoms with van der Waals surface area (Å²) in [5.41, 5.74) is 13.1. The average molecular weight is 373 g/mol. The molecule has 3 rings (SSSR count). The number of ether oxygens (including phenoxy) is 1. The molecule has 0 saturated carbocycles. The highest BCUT2D eigenvalue weighted by Crippen LogP contribution is 2.48. The molecule has 1 atom stereocenters. The zero-order valence-corrected chi connectivity index (χ0v) is 15.3. The molecule has 26 heavy (non-hydrogen) atoms. The fraction of sp³-hybridized carbons (Fsp3) is 0.333. The van der Waals surface area contributed by atoms with E-state index in [0.29, 0.717) is 35.3 Å². The number of nitrogens with zero attached hydrogens (tertiary/aromatic N) is 1. The summed E-state index contributed by atoms with van der Waals surface area (Å²) in [7, 11) is 0. The second-order valence-corrected chi connectivity index (χ2v) is 7.74. The highest BCUT2D eigenvalue weighted by Gasteiger charge is 2.43. The minimum Gasteiger partial charge on any atom is -0.445 e. The normalized spacial score (nSPS) is 21.9. The van der Waals surface area contributed by atoms with Crippen LogP contribution in [0.25, 0.3) is 0 Å². The Bertz CT molecular complexity index is 884. The Morgan fingerprint density at radius 1 is 1.31 bits per heavy atom. The summed E-state index contributed by atoms with van der Waals surface area (Å²) in [6.07, 6.45) is 0.923. The number of non-ortho nitro benzene ring substituents is 1. The van der Waals surface area contributed by atoms with Gasteiger partial charge in [-0.15, -0.1) is 0 Å². The van der Waals surface area contributed by atoms with E-state index in [1.165, 1.54) is 12.1 Å². The molecule has 1 heterocycles. The molecule has 1 aromatic carbocycles. The lowest BCUT2D eigenvalue weighted by Crippen LogP contribution is -2.36. The minimum atomic E-state index is -0.583. The van der Waals surface area contributed by atoms with E-state index in [9.17, 15) is 14.9 Å². The van der Waals surface area contributed by atoms with Gasteiger partial charge >= 0.3 is 0 Å². The van der Waals surface area contributed by atoms with Crippen molar-refractivity contribution in [3.63, 3.8) is 0 Å². The summed E-state index contributed by atoms with van der Waals surface area (Å²) in [5, 5.41) is 10.9. The lowest BCUT2D eigenvalue weighted by Gasteiger charge is -2.38. The molecule has 1 aromatic rings. The number of rotatable bonds is 3. The number of allylic oxidation sites excluding steroid dienone is 2. The molecule has 0 aromatic heterocycles.